The van der Waals surface area contributed by atoms with Gasteiger partial charge in [0.15, 0.2) is 5.82 Å². The van der Waals surface area contributed by atoms with E-state index in [1.807, 2.05) is 0 Å². The van der Waals surface area contributed by atoms with Crippen LogP contribution in [0.2, 0.25) is 0 Å². The number of fused-ring (bicyclic) bond motifs is 1. The Morgan fingerprint density at radius 1 is 1.50 bits per heavy atom. The van der Waals surface area contributed by atoms with Crippen LogP contribution in [0.3, 0.4) is 0 Å². The maximum Gasteiger partial charge on any atom is 0.215 e. The predicted octanol–water partition coefficient (Wildman–Crippen LogP) is 0.263. The number of tetrazole rings is 1. The minimum atomic E-state index is -0.410. The van der Waals surface area contributed by atoms with Gasteiger partial charge < -0.3 is 0 Å². The van der Waals surface area contributed by atoms with Gasteiger partial charge >= 0.3 is 0 Å². The normalized spacial score (nSPS) is 10.5. The largest absolute Gasteiger partial charge is 0.215 e. The van der Waals surface area contributed by atoms with Crippen LogP contribution in [0.25, 0.3) is 5.65 Å². The highest BCUT2D eigenvalue weighted by Crippen LogP contribution is 2.01. The smallest absolute Gasteiger partial charge is 0.203 e. The molecule has 50 valence electrons. The van der Waals surface area contributed by atoms with E-state index < -0.39 is 5.82 Å². The Hall–Kier alpha value is -1.52. The van der Waals surface area contributed by atoms with Gasteiger partial charge in [0.05, 0.1) is 0 Å². The van der Waals surface area contributed by atoms with Gasteiger partial charge in [-0.05, 0) is 22.6 Å². The van der Waals surface area contributed by atoms with E-state index >= 15 is 0 Å². The molecule has 0 bridgehead atoms. The minimum Gasteiger partial charge on any atom is -0.203 e. The highest BCUT2D eigenvalue weighted by atomic mass is 19.1. The second-order valence-electron chi connectivity index (χ2n) is 1.80. The van der Waals surface area contributed by atoms with Gasteiger partial charge in [0.1, 0.15) is 0 Å². The molecule has 5 heteroatoms. The van der Waals surface area contributed by atoms with Gasteiger partial charge in [-0.1, -0.05) is 0 Å². The molecule has 0 aliphatic rings. The number of aromatic nitrogens is 4. The van der Waals surface area contributed by atoms with Crippen LogP contribution in [-0.2, 0) is 0 Å². The lowest BCUT2D eigenvalue weighted by Crippen LogP contribution is -1.88. The molecule has 0 aliphatic heterocycles. The van der Waals surface area contributed by atoms with E-state index in [0.717, 1.165) is 0 Å². The molecule has 2 aromatic rings. The van der Waals surface area contributed by atoms with Gasteiger partial charge in [-0.15, -0.1) is 5.10 Å². The third-order valence-electron chi connectivity index (χ3n) is 1.18. The van der Waals surface area contributed by atoms with Gasteiger partial charge in [-0.2, -0.15) is 4.52 Å². The molecule has 2 heterocycles. The number of pyridine rings is 1. The van der Waals surface area contributed by atoms with Crippen molar-refractivity contribution in [1.82, 2.24) is 20.0 Å². The average Bonchev–Trinajstić information content (AvgIpc) is 2.36. The highest BCUT2D eigenvalue weighted by Gasteiger charge is 2.00. The molecule has 0 unspecified atom stereocenters. The Morgan fingerprint density at radius 2 is 2.40 bits per heavy atom. The van der Waals surface area contributed by atoms with Crippen molar-refractivity contribution in [2.75, 3.05) is 0 Å². The first-order valence-electron chi connectivity index (χ1n) is 2.70. The fraction of sp³-hybridized carbons (Fsp3) is 0. The topological polar surface area (TPSA) is 43.1 Å². The van der Waals surface area contributed by atoms with Crippen LogP contribution < -0.4 is 0 Å². The molecule has 10 heavy (non-hydrogen) atoms. The fourth-order valence-corrected chi connectivity index (χ4v) is 0.735. The first-order valence-corrected chi connectivity index (χ1v) is 2.70. The van der Waals surface area contributed by atoms with Crippen LogP contribution in [0.15, 0.2) is 18.3 Å². The van der Waals surface area contributed by atoms with Crippen molar-refractivity contribution in [2.24, 2.45) is 0 Å². The second kappa shape index (κ2) is 1.73. The second-order valence-corrected chi connectivity index (χ2v) is 1.80. The van der Waals surface area contributed by atoms with Gasteiger partial charge in [0.2, 0.25) is 5.65 Å². The molecule has 0 spiro atoms. The van der Waals surface area contributed by atoms with E-state index in [1.165, 1.54) is 10.6 Å². The third kappa shape index (κ3) is 0.570. The molecule has 0 atom stereocenters. The first kappa shape index (κ1) is 5.28. The molecule has 4 nitrogen and oxygen atoms in total. The highest BCUT2D eigenvalue weighted by molar-refractivity contribution is 5.35. The summed E-state index contributed by atoms with van der Waals surface area (Å²) in [5, 5.41) is 10.2. The van der Waals surface area contributed by atoms with Gasteiger partial charge in [0.25, 0.3) is 0 Å². The summed E-state index contributed by atoms with van der Waals surface area (Å²) in [4.78, 5) is 0. The standard InChI is InChI=1S/C5H3FN4/c6-4-2-1-3-10-5(4)7-8-9-10/h1-3H. The zero-order valence-electron chi connectivity index (χ0n) is 4.90. The van der Waals surface area contributed by atoms with E-state index in [0.29, 0.717) is 0 Å². The first-order chi connectivity index (χ1) is 4.88. The Labute approximate surface area is 55.3 Å². The molecular formula is C5H3FN4. The average molecular weight is 138 g/mol. The van der Waals surface area contributed by atoms with Crippen LogP contribution in [0.1, 0.15) is 0 Å². The molecular weight excluding hydrogens is 135 g/mol. The van der Waals surface area contributed by atoms with Crippen molar-refractivity contribution in [3.05, 3.63) is 24.1 Å². The van der Waals surface area contributed by atoms with E-state index in [4.69, 9.17) is 0 Å². The Kier molecular flexibility index (Phi) is 0.913. The Balaban J connectivity index is 2.95. The summed E-state index contributed by atoms with van der Waals surface area (Å²) in [6, 6.07) is 2.85. The summed E-state index contributed by atoms with van der Waals surface area (Å²) < 4.78 is 13.9. The summed E-state index contributed by atoms with van der Waals surface area (Å²) >= 11 is 0. The lowest BCUT2D eigenvalue weighted by Gasteiger charge is -1.87. The van der Waals surface area contributed by atoms with E-state index in [2.05, 4.69) is 15.5 Å². The summed E-state index contributed by atoms with van der Waals surface area (Å²) in [5.74, 6) is -0.410. The van der Waals surface area contributed by atoms with E-state index in [-0.39, 0.29) is 5.65 Å². The molecule has 0 amide bonds. The van der Waals surface area contributed by atoms with Crippen molar-refractivity contribution < 1.29 is 4.39 Å². The molecule has 0 N–H and O–H groups in total. The van der Waals surface area contributed by atoms with Crippen molar-refractivity contribution in [3.8, 4) is 0 Å². The molecule has 2 rings (SSSR count). The molecule has 0 aromatic carbocycles. The molecule has 0 saturated heterocycles. The maximum absolute atomic E-state index is 12.7. The fourth-order valence-electron chi connectivity index (χ4n) is 0.735. The zero-order chi connectivity index (χ0) is 6.97. The number of hydrogen-bond acceptors (Lipinski definition) is 3. The molecule has 0 fully saturated rings. The van der Waals surface area contributed by atoms with Crippen LogP contribution >= 0.6 is 0 Å². The number of rotatable bonds is 0. The molecule has 0 aliphatic carbocycles. The molecule has 0 saturated carbocycles. The maximum atomic E-state index is 12.7. The monoisotopic (exact) mass is 138 g/mol. The number of halogens is 1. The van der Waals surface area contributed by atoms with Crippen molar-refractivity contribution in [3.63, 3.8) is 0 Å². The third-order valence-corrected chi connectivity index (χ3v) is 1.18. The van der Waals surface area contributed by atoms with Crippen molar-refractivity contribution in [1.29, 1.82) is 0 Å². The predicted molar refractivity (Wildman–Crippen MR) is 30.7 cm³/mol. The van der Waals surface area contributed by atoms with E-state index in [9.17, 15) is 4.39 Å². The summed E-state index contributed by atoms with van der Waals surface area (Å²) in [7, 11) is 0. The van der Waals surface area contributed by atoms with Crippen molar-refractivity contribution in [2.45, 2.75) is 0 Å². The van der Waals surface area contributed by atoms with Gasteiger partial charge in [-0.25, -0.2) is 4.39 Å². The van der Waals surface area contributed by atoms with Crippen LogP contribution in [-0.4, -0.2) is 20.0 Å². The van der Waals surface area contributed by atoms with Crippen molar-refractivity contribution >= 4 is 5.65 Å². The van der Waals surface area contributed by atoms with Crippen LogP contribution in [0.4, 0.5) is 4.39 Å². The lowest BCUT2D eigenvalue weighted by atomic mass is 10.5. The number of hydrogen-bond donors (Lipinski definition) is 0. The summed E-state index contributed by atoms with van der Waals surface area (Å²) in [6.45, 7) is 0. The summed E-state index contributed by atoms with van der Waals surface area (Å²) in [5.41, 5.74) is 0.155. The zero-order valence-corrected chi connectivity index (χ0v) is 4.90. The lowest BCUT2D eigenvalue weighted by molar-refractivity contribution is 0.627. The summed E-state index contributed by atoms with van der Waals surface area (Å²) in [6.07, 6.45) is 1.58. The van der Waals surface area contributed by atoms with Crippen LogP contribution in [0, 0.1) is 5.82 Å². The van der Waals surface area contributed by atoms with Crippen LogP contribution in [0.5, 0.6) is 0 Å². The Morgan fingerprint density at radius 3 is 3.20 bits per heavy atom. The molecule has 2 aromatic heterocycles. The Bertz CT molecular complexity index is 355. The van der Waals surface area contributed by atoms with E-state index in [1.54, 1.807) is 12.3 Å². The van der Waals surface area contributed by atoms with Gasteiger partial charge in [-0.3, -0.25) is 0 Å². The SMILES string of the molecule is Fc1cccn2nnnc12. The number of nitrogens with zero attached hydrogens (tertiary/aromatic N) is 4. The molecule has 0 radical (unpaired) electrons. The van der Waals surface area contributed by atoms with Gasteiger partial charge in [0, 0.05) is 6.20 Å². The quantitative estimate of drug-likeness (QED) is 0.524. The minimum absolute atomic E-state index is 0.155.